The molecule has 0 radical (unpaired) electrons. The maximum absolute atomic E-state index is 13.0. The van der Waals surface area contributed by atoms with E-state index in [2.05, 4.69) is 66.8 Å². The van der Waals surface area contributed by atoms with Crippen molar-refractivity contribution in [3.8, 4) is 5.75 Å². The Hall–Kier alpha value is -4.16. The van der Waals surface area contributed by atoms with Crippen LogP contribution in [0.5, 0.6) is 5.75 Å². The number of nitrogens with zero attached hydrogens (tertiary/aromatic N) is 1. The number of hydrogen-bond donors (Lipinski definition) is 2. The molecule has 1 fully saturated rings. The normalized spacial score (nSPS) is 18.0. The number of carbonyl (C=O) groups excluding carboxylic acids is 1. The van der Waals surface area contributed by atoms with E-state index in [0.717, 1.165) is 6.54 Å². The first-order valence-electron chi connectivity index (χ1n) is 12.6. The van der Waals surface area contributed by atoms with Gasteiger partial charge >= 0.3 is 12.1 Å². The van der Waals surface area contributed by atoms with E-state index in [0.29, 0.717) is 18.8 Å². The molecule has 6 nitrogen and oxygen atoms in total. The Balaban J connectivity index is 1.29. The summed E-state index contributed by atoms with van der Waals surface area (Å²) in [6.07, 6.45) is -0.423. The van der Waals surface area contributed by atoms with Crippen molar-refractivity contribution in [3.63, 3.8) is 0 Å². The van der Waals surface area contributed by atoms with E-state index in [1.54, 1.807) is 4.90 Å². The molecule has 0 unspecified atom stereocenters. The van der Waals surface area contributed by atoms with Crippen molar-refractivity contribution in [2.45, 2.75) is 18.9 Å². The van der Waals surface area contributed by atoms with Gasteiger partial charge in [0.1, 0.15) is 5.75 Å². The summed E-state index contributed by atoms with van der Waals surface area (Å²) in [5, 5.41) is 15.3. The van der Waals surface area contributed by atoms with Crippen LogP contribution in [0.25, 0.3) is 10.8 Å². The smallest absolute Gasteiger partial charge is 0.415 e. The number of carboxylic acids is 1. The highest BCUT2D eigenvalue weighted by Gasteiger charge is 2.37. The molecule has 0 spiro atoms. The summed E-state index contributed by atoms with van der Waals surface area (Å²) in [6.45, 7) is 4.06. The standard InChI is InChI=1S/C31H30N2O4/c1-21(27-13-7-11-22-10-5-6-12-28(22)27)32-18-25-19-33(20-29(25)23-8-3-2-4-9-23)31(36)37-26-16-14-24(15-17-26)30(34)35/h2-17,21,25,29,32H,18-20H2,1H3,(H,34,35)/t21-,25-,29-/m1/s1. The number of fused-ring (bicyclic) bond motifs is 1. The first-order valence-corrected chi connectivity index (χ1v) is 12.6. The summed E-state index contributed by atoms with van der Waals surface area (Å²) >= 11 is 0. The van der Waals surface area contributed by atoms with Crippen LogP contribution in [0, 0.1) is 5.92 Å². The van der Waals surface area contributed by atoms with Gasteiger partial charge in [0.25, 0.3) is 0 Å². The number of carboxylic acid groups (broad SMARTS) is 1. The third-order valence-electron chi connectivity index (χ3n) is 7.21. The highest BCUT2D eigenvalue weighted by Crippen LogP contribution is 2.34. The molecular formula is C31H30N2O4. The molecule has 0 bridgehead atoms. The second kappa shape index (κ2) is 10.8. The number of amides is 1. The van der Waals surface area contributed by atoms with Gasteiger partial charge in [-0.1, -0.05) is 72.8 Å². The second-order valence-electron chi connectivity index (χ2n) is 9.58. The van der Waals surface area contributed by atoms with E-state index in [4.69, 9.17) is 9.84 Å². The molecule has 1 amide bonds. The predicted molar refractivity (Wildman–Crippen MR) is 144 cm³/mol. The van der Waals surface area contributed by atoms with Gasteiger partial charge in [0, 0.05) is 31.6 Å². The van der Waals surface area contributed by atoms with Crippen LogP contribution in [0.1, 0.15) is 40.4 Å². The van der Waals surface area contributed by atoms with E-state index >= 15 is 0 Å². The average Bonchev–Trinajstić information content (AvgIpc) is 3.37. The van der Waals surface area contributed by atoms with Gasteiger partial charge in [-0.15, -0.1) is 0 Å². The van der Waals surface area contributed by atoms with E-state index in [1.807, 2.05) is 18.2 Å². The predicted octanol–water partition coefficient (Wildman–Crippen LogP) is 6.10. The third-order valence-corrected chi connectivity index (χ3v) is 7.21. The molecule has 188 valence electrons. The van der Waals surface area contributed by atoms with Crippen molar-refractivity contribution in [2.24, 2.45) is 5.92 Å². The summed E-state index contributed by atoms with van der Waals surface area (Å²) < 4.78 is 5.58. The summed E-state index contributed by atoms with van der Waals surface area (Å²) in [5.74, 6) is -0.300. The fourth-order valence-corrected chi connectivity index (χ4v) is 5.20. The monoisotopic (exact) mass is 494 g/mol. The number of carbonyl (C=O) groups is 2. The molecule has 2 N–H and O–H groups in total. The Bertz CT molecular complexity index is 1380. The molecule has 1 heterocycles. The van der Waals surface area contributed by atoms with Gasteiger partial charge in [0.15, 0.2) is 0 Å². The van der Waals surface area contributed by atoms with Gasteiger partial charge in [-0.05, 0) is 59.0 Å². The number of benzene rings is 4. The lowest BCUT2D eigenvalue weighted by molar-refractivity contribution is 0.0697. The summed E-state index contributed by atoms with van der Waals surface area (Å²) in [5.41, 5.74) is 2.61. The van der Waals surface area contributed by atoms with Crippen molar-refractivity contribution < 1.29 is 19.4 Å². The molecule has 4 aromatic rings. The van der Waals surface area contributed by atoms with Crippen LogP contribution in [0.4, 0.5) is 4.79 Å². The van der Waals surface area contributed by atoms with Crippen molar-refractivity contribution in [2.75, 3.05) is 19.6 Å². The van der Waals surface area contributed by atoms with Crippen LogP contribution >= 0.6 is 0 Å². The van der Waals surface area contributed by atoms with Crippen LogP contribution < -0.4 is 10.1 Å². The van der Waals surface area contributed by atoms with Crippen LogP contribution in [-0.4, -0.2) is 41.7 Å². The van der Waals surface area contributed by atoms with Crippen LogP contribution in [-0.2, 0) is 0 Å². The van der Waals surface area contributed by atoms with Crippen LogP contribution in [0.2, 0.25) is 0 Å². The molecule has 3 atom stereocenters. The maximum Gasteiger partial charge on any atom is 0.415 e. The first kappa shape index (κ1) is 24.5. The Morgan fingerprint density at radius 1 is 0.919 bits per heavy atom. The van der Waals surface area contributed by atoms with Gasteiger partial charge < -0.3 is 20.1 Å². The lowest BCUT2D eigenvalue weighted by Crippen LogP contribution is -2.33. The summed E-state index contributed by atoms with van der Waals surface area (Å²) in [4.78, 5) is 25.9. The zero-order chi connectivity index (χ0) is 25.8. The Kier molecular flexibility index (Phi) is 7.19. The number of likely N-dealkylation sites (tertiary alicyclic amines) is 1. The fraction of sp³-hybridized carbons (Fsp3) is 0.226. The van der Waals surface area contributed by atoms with E-state index in [9.17, 15) is 9.59 Å². The van der Waals surface area contributed by atoms with E-state index in [1.165, 1.54) is 46.2 Å². The fourth-order valence-electron chi connectivity index (χ4n) is 5.20. The summed E-state index contributed by atoms with van der Waals surface area (Å²) in [6, 6.07) is 31.1. The van der Waals surface area contributed by atoms with Crippen molar-refractivity contribution in [3.05, 3.63) is 114 Å². The number of aromatic carboxylic acids is 1. The van der Waals surface area contributed by atoms with Crippen molar-refractivity contribution in [1.82, 2.24) is 10.2 Å². The molecule has 0 aromatic heterocycles. The minimum atomic E-state index is -1.02. The minimum Gasteiger partial charge on any atom is -0.478 e. The number of rotatable bonds is 7. The Labute approximate surface area is 216 Å². The van der Waals surface area contributed by atoms with Crippen molar-refractivity contribution in [1.29, 1.82) is 0 Å². The Morgan fingerprint density at radius 2 is 1.62 bits per heavy atom. The highest BCUT2D eigenvalue weighted by molar-refractivity contribution is 5.88. The van der Waals surface area contributed by atoms with Crippen molar-refractivity contribution >= 4 is 22.8 Å². The van der Waals surface area contributed by atoms with Crippen LogP contribution in [0.15, 0.2) is 97.1 Å². The minimum absolute atomic E-state index is 0.149. The number of ether oxygens (including phenoxy) is 1. The largest absolute Gasteiger partial charge is 0.478 e. The molecule has 5 rings (SSSR count). The average molecular weight is 495 g/mol. The molecular weight excluding hydrogens is 464 g/mol. The SMILES string of the molecule is C[C@@H](NC[C@@H]1CN(C(=O)Oc2ccc(C(=O)O)cc2)C[C@@H]1c1ccccc1)c1cccc2ccccc12. The lowest BCUT2D eigenvalue weighted by atomic mass is 9.88. The van der Waals surface area contributed by atoms with Gasteiger partial charge in [-0.25, -0.2) is 9.59 Å². The van der Waals surface area contributed by atoms with E-state index in [-0.39, 0.29) is 23.4 Å². The molecule has 37 heavy (non-hydrogen) atoms. The quantitative estimate of drug-likeness (QED) is 0.324. The molecule has 0 aliphatic carbocycles. The number of hydrogen-bond acceptors (Lipinski definition) is 4. The van der Waals surface area contributed by atoms with Gasteiger partial charge in [0.05, 0.1) is 5.56 Å². The summed E-state index contributed by atoms with van der Waals surface area (Å²) in [7, 11) is 0. The highest BCUT2D eigenvalue weighted by atomic mass is 16.6. The van der Waals surface area contributed by atoms with Gasteiger partial charge in [0.2, 0.25) is 0 Å². The topological polar surface area (TPSA) is 78.9 Å². The zero-order valence-electron chi connectivity index (χ0n) is 20.7. The molecule has 6 heteroatoms. The van der Waals surface area contributed by atoms with E-state index < -0.39 is 12.1 Å². The molecule has 1 aliphatic heterocycles. The maximum atomic E-state index is 13.0. The Morgan fingerprint density at radius 3 is 2.38 bits per heavy atom. The number of nitrogens with one attached hydrogen (secondary N) is 1. The zero-order valence-corrected chi connectivity index (χ0v) is 20.7. The molecule has 4 aromatic carbocycles. The molecule has 1 saturated heterocycles. The third kappa shape index (κ3) is 5.49. The second-order valence-corrected chi connectivity index (χ2v) is 9.58. The lowest BCUT2D eigenvalue weighted by Gasteiger charge is -2.23. The first-order chi connectivity index (χ1) is 18.0. The molecule has 0 saturated carbocycles. The van der Waals surface area contributed by atoms with Crippen LogP contribution in [0.3, 0.4) is 0 Å². The molecule has 1 aliphatic rings. The van der Waals surface area contributed by atoms with Gasteiger partial charge in [-0.3, -0.25) is 0 Å². The van der Waals surface area contributed by atoms with Gasteiger partial charge in [-0.2, -0.15) is 0 Å².